The van der Waals surface area contributed by atoms with Gasteiger partial charge in [-0.3, -0.25) is 4.79 Å². The number of likely N-dealkylation sites (tertiary alicyclic amines) is 1. The quantitative estimate of drug-likeness (QED) is 0.858. The number of hydrogen-bond donors (Lipinski definition) is 0. The van der Waals surface area contributed by atoms with Crippen LogP contribution >= 0.6 is 0 Å². The van der Waals surface area contributed by atoms with Gasteiger partial charge in [0.05, 0.1) is 18.8 Å². The molecule has 2 heterocycles. The summed E-state index contributed by atoms with van der Waals surface area (Å²) in [5, 5.41) is 0. The van der Waals surface area contributed by atoms with Crippen LogP contribution in [-0.4, -0.2) is 43.7 Å². The monoisotopic (exact) mass is 301 g/mol. The van der Waals surface area contributed by atoms with Crippen LogP contribution in [0.4, 0.5) is 0 Å². The number of carbonyl (C=O) groups excluding carboxylic acids is 1. The average Bonchev–Trinajstić information content (AvgIpc) is 3.12. The fourth-order valence-electron chi connectivity index (χ4n) is 3.51. The molecule has 0 bridgehead atoms. The molecule has 3 fully saturated rings. The van der Waals surface area contributed by atoms with Gasteiger partial charge in [-0.15, -0.1) is 0 Å². The molecule has 4 heteroatoms. The number of nitrogens with zero attached hydrogens (tertiary/aromatic N) is 1. The van der Waals surface area contributed by atoms with Gasteiger partial charge in [0.25, 0.3) is 5.91 Å². The van der Waals surface area contributed by atoms with Gasteiger partial charge in [0.1, 0.15) is 5.75 Å². The van der Waals surface area contributed by atoms with Crippen molar-refractivity contribution in [1.82, 2.24) is 4.90 Å². The summed E-state index contributed by atoms with van der Waals surface area (Å²) in [4.78, 5) is 14.9. The van der Waals surface area contributed by atoms with E-state index in [-0.39, 0.29) is 11.3 Å². The fraction of sp³-hybridized carbons (Fsp3) is 0.611. The summed E-state index contributed by atoms with van der Waals surface area (Å²) in [6.07, 6.45) is 4.65. The van der Waals surface area contributed by atoms with Crippen molar-refractivity contribution in [3.05, 3.63) is 29.8 Å². The highest BCUT2D eigenvalue weighted by Crippen LogP contribution is 2.39. The van der Waals surface area contributed by atoms with Gasteiger partial charge in [-0.2, -0.15) is 0 Å². The van der Waals surface area contributed by atoms with E-state index in [1.807, 2.05) is 29.2 Å². The van der Waals surface area contributed by atoms with E-state index in [2.05, 4.69) is 0 Å². The number of rotatable bonds is 4. The van der Waals surface area contributed by atoms with Crippen LogP contribution in [0.15, 0.2) is 24.3 Å². The highest BCUT2D eigenvalue weighted by atomic mass is 16.5. The Labute approximate surface area is 131 Å². The molecule has 1 saturated carbocycles. The minimum absolute atomic E-state index is 0.107. The minimum atomic E-state index is 0.107. The van der Waals surface area contributed by atoms with Crippen molar-refractivity contribution in [1.29, 1.82) is 0 Å². The van der Waals surface area contributed by atoms with E-state index in [9.17, 15) is 4.79 Å². The number of para-hydroxylation sites is 1. The SMILES string of the molecule is O=C(c1ccccc1OCC1CC1)N1CC[C@@]2(CCOC2)C1. The van der Waals surface area contributed by atoms with Crippen LogP contribution < -0.4 is 4.74 Å². The number of amides is 1. The number of ether oxygens (including phenoxy) is 2. The highest BCUT2D eigenvalue weighted by molar-refractivity contribution is 5.97. The molecule has 1 aromatic rings. The zero-order chi connectivity index (χ0) is 15.0. The van der Waals surface area contributed by atoms with Crippen LogP contribution in [0.3, 0.4) is 0 Å². The van der Waals surface area contributed by atoms with Gasteiger partial charge >= 0.3 is 0 Å². The van der Waals surface area contributed by atoms with Gasteiger partial charge in [-0.05, 0) is 43.7 Å². The summed E-state index contributed by atoms with van der Waals surface area (Å²) in [5.41, 5.74) is 0.915. The van der Waals surface area contributed by atoms with Crippen LogP contribution in [-0.2, 0) is 4.74 Å². The third kappa shape index (κ3) is 2.72. The van der Waals surface area contributed by atoms with Crippen LogP contribution in [0.25, 0.3) is 0 Å². The maximum absolute atomic E-state index is 12.9. The Morgan fingerprint density at radius 1 is 1.32 bits per heavy atom. The first-order valence-corrected chi connectivity index (χ1v) is 8.35. The van der Waals surface area contributed by atoms with Gasteiger partial charge in [0, 0.05) is 25.1 Å². The summed E-state index contributed by atoms with van der Waals surface area (Å²) >= 11 is 0. The van der Waals surface area contributed by atoms with E-state index in [0.29, 0.717) is 11.5 Å². The Hall–Kier alpha value is -1.55. The van der Waals surface area contributed by atoms with E-state index in [4.69, 9.17) is 9.47 Å². The molecule has 3 aliphatic rings. The lowest BCUT2D eigenvalue weighted by molar-refractivity contribution is 0.0761. The molecule has 2 saturated heterocycles. The molecule has 1 spiro atoms. The lowest BCUT2D eigenvalue weighted by Crippen LogP contribution is -2.32. The first-order valence-electron chi connectivity index (χ1n) is 8.35. The zero-order valence-corrected chi connectivity index (χ0v) is 12.9. The summed E-state index contributed by atoms with van der Waals surface area (Å²) < 4.78 is 11.4. The first kappa shape index (κ1) is 14.1. The Morgan fingerprint density at radius 2 is 2.18 bits per heavy atom. The maximum atomic E-state index is 12.9. The van der Waals surface area contributed by atoms with Crippen molar-refractivity contribution in [2.75, 3.05) is 32.9 Å². The molecule has 0 unspecified atom stereocenters. The van der Waals surface area contributed by atoms with Crippen molar-refractivity contribution in [3.63, 3.8) is 0 Å². The highest BCUT2D eigenvalue weighted by Gasteiger charge is 2.43. The van der Waals surface area contributed by atoms with E-state index in [1.165, 1.54) is 12.8 Å². The van der Waals surface area contributed by atoms with Gasteiger partial charge < -0.3 is 14.4 Å². The molecule has 4 nitrogen and oxygen atoms in total. The third-order valence-electron chi connectivity index (χ3n) is 5.20. The molecule has 1 amide bonds. The van der Waals surface area contributed by atoms with Crippen LogP contribution in [0, 0.1) is 11.3 Å². The molecule has 118 valence electrons. The normalized spacial score (nSPS) is 27.5. The van der Waals surface area contributed by atoms with Crippen LogP contribution in [0.5, 0.6) is 5.75 Å². The van der Waals surface area contributed by atoms with E-state index >= 15 is 0 Å². The third-order valence-corrected chi connectivity index (χ3v) is 5.20. The van der Waals surface area contributed by atoms with Gasteiger partial charge in [0.2, 0.25) is 0 Å². The van der Waals surface area contributed by atoms with Crippen molar-refractivity contribution in [2.45, 2.75) is 25.7 Å². The minimum Gasteiger partial charge on any atom is -0.492 e. The largest absolute Gasteiger partial charge is 0.492 e. The molecule has 0 radical (unpaired) electrons. The molecule has 1 atom stereocenters. The van der Waals surface area contributed by atoms with Gasteiger partial charge in [0.15, 0.2) is 0 Å². The summed E-state index contributed by atoms with van der Waals surface area (Å²) in [5.74, 6) is 1.53. The van der Waals surface area contributed by atoms with E-state index in [1.54, 1.807) is 0 Å². The standard InChI is InChI=1S/C18H23NO3/c20-17(19-9-7-18(12-19)8-10-21-13-18)15-3-1-2-4-16(15)22-11-14-5-6-14/h1-4,14H,5-13H2/t18-/m1/s1. The Balaban J connectivity index is 1.47. The van der Waals surface area contributed by atoms with Crippen LogP contribution in [0.2, 0.25) is 0 Å². The Kier molecular flexibility index (Phi) is 3.57. The first-order chi connectivity index (χ1) is 10.8. The second kappa shape index (κ2) is 5.58. The molecule has 0 aromatic heterocycles. The lowest BCUT2D eigenvalue weighted by atomic mass is 9.87. The second-order valence-electron chi connectivity index (χ2n) is 7.03. The molecule has 4 rings (SSSR count). The van der Waals surface area contributed by atoms with Gasteiger partial charge in [-0.1, -0.05) is 12.1 Å². The molecule has 22 heavy (non-hydrogen) atoms. The molecule has 0 N–H and O–H groups in total. The van der Waals surface area contributed by atoms with Crippen molar-refractivity contribution >= 4 is 5.91 Å². The van der Waals surface area contributed by atoms with E-state index < -0.39 is 0 Å². The van der Waals surface area contributed by atoms with Crippen molar-refractivity contribution in [3.8, 4) is 5.75 Å². The fourth-order valence-corrected chi connectivity index (χ4v) is 3.51. The second-order valence-corrected chi connectivity index (χ2v) is 7.03. The van der Waals surface area contributed by atoms with E-state index in [0.717, 1.165) is 51.5 Å². The average molecular weight is 301 g/mol. The molecule has 1 aromatic carbocycles. The number of hydrogen-bond acceptors (Lipinski definition) is 3. The van der Waals surface area contributed by atoms with Crippen molar-refractivity contribution < 1.29 is 14.3 Å². The predicted molar refractivity (Wildman–Crippen MR) is 83.1 cm³/mol. The van der Waals surface area contributed by atoms with Crippen molar-refractivity contribution in [2.24, 2.45) is 11.3 Å². The molecular formula is C18H23NO3. The predicted octanol–water partition coefficient (Wildman–Crippen LogP) is 2.73. The summed E-state index contributed by atoms with van der Waals surface area (Å²) in [7, 11) is 0. The Bertz CT molecular complexity index is 561. The Morgan fingerprint density at radius 3 is 2.95 bits per heavy atom. The van der Waals surface area contributed by atoms with Crippen LogP contribution in [0.1, 0.15) is 36.0 Å². The summed E-state index contributed by atoms with van der Waals surface area (Å²) in [6, 6.07) is 7.66. The van der Waals surface area contributed by atoms with Gasteiger partial charge in [-0.25, -0.2) is 0 Å². The molecule has 2 aliphatic heterocycles. The smallest absolute Gasteiger partial charge is 0.257 e. The lowest BCUT2D eigenvalue weighted by Gasteiger charge is -2.22. The number of benzene rings is 1. The topological polar surface area (TPSA) is 38.8 Å². The maximum Gasteiger partial charge on any atom is 0.257 e. The molecule has 1 aliphatic carbocycles. The zero-order valence-electron chi connectivity index (χ0n) is 12.9. The number of carbonyl (C=O) groups is 1. The molecular weight excluding hydrogens is 278 g/mol. The summed E-state index contributed by atoms with van der Waals surface area (Å²) in [6.45, 7) is 4.03.